The van der Waals surface area contributed by atoms with E-state index in [9.17, 15) is 23.1 Å². The van der Waals surface area contributed by atoms with Crippen LogP contribution in [0.1, 0.15) is 47.0 Å². The van der Waals surface area contributed by atoms with Crippen molar-refractivity contribution < 1.29 is 23.1 Å². The zero-order valence-corrected chi connectivity index (χ0v) is 17.4. The van der Waals surface area contributed by atoms with Gasteiger partial charge >= 0.3 is 12.2 Å². The van der Waals surface area contributed by atoms with Gasteiger partial charge in [0.05, 0.1) is 18.2 Å². The summed E-state index contributed by atoms with van der Waals surface area (Å²) >= 11 is 0. The molecule has 2 atom stereocenters. The maximum Gasteiger partial charge on any atom is 0.405 e. The summed E-state index contributed by atoms with van der Waals surface area (Å²) in [7, 11) is 0. The summed E-state index contributed by atoms with van der Waals surface area (Å²) in [4.78, 5) is 18.6. The molecule has 2 aliphatic rings. The first kappa shape index (κ1) is 23.3. The minimum Gasteiger partial charge on any atom is -0.386 e. The van der Waals surface area contributed by atoms with Crippen LogP contribution in [0.3, 0.4) is 0 Å². The maximum atomic E-state index is 12.3. The van der Waals surface area contributed by atoms with E-state index in [1.807, 2.05) is 31.3 Å². The quantitative estimate of drug-likeness (QED) is 0.596. The molecule has 2 heterocycles. The van der Waals surface area contributed by atoms with E-state index in [-0.39, 0.29) is 12.0 Å². The molecule has 2 unspecified atom stereocenters. The van der Waals surface area contributed by atoms with Gasteiger partial charge in [-0.1, -0.05) is 26.3 Å². The van der Waals surface area contributed by atoms with E-state index >= 15 is 0 Å². The van der Waals surface area contributed by atoms with Crippen molar-refractivity contribution in [2.24, 2.45) is 10.9 Å². The second kappa shape index (κ2) is 9.19. The highest BCUT2D eigenvalue weighted by Crippen LogP contribution is 2.30. The van der Waals surface area contributed by atoms with Crippen LogP contribution in [0.4, 0.5) is 18.0 Å². The molecule has 2 rings (SSSR count). The maximum absolute atomic E-state index is 12.3. The number of urea groups is 1. The van der Waals surface area contributed by atoms with Crippen LogP contribution in [-0.4, -0.2) is 59.3 Å². The predicted octanol–water partition coefficient (Wildman–Crippen LogP) is 3.35. The first-order chi connectivity index (χ1) is 13.4. The molecule has 0 radical (unpaired) electrons. The topological polar surface area (TPSA) is 77.0 Å². The van der Waals surface area contributed by atoms with Gasteiger partial charge in [-0.2, -0.15) is 13.2 Å². The molecule has 0 aromatic heterocycles. The second-order valence-corrected chi connectivity index (χ2v) is 8.16. The molecule has 2 aliphatic heterocycles. The van der Waals surface area contributed by atoms with Crippen molar-refractivity contribution in [1.29, 1.82) is 0 Å². The van der Waals surface area contributed by atoms with Gasteiger partial charge in [-0.05, 0) is 44.3 Å². The number of carbonyl (C=O) groups is 1. The molecule has 29 heavy (non-hydrogen) atoms. The van der Waals surface area contributed by atoms with Crippen LogP contribution < -0.4 is 10.6 Å². The van der Waals surface area contributed by atoms with E-state index in [1.54, 1.807) is 13.8 Å². The first-order valence-corrected chi connectivity index (χ1v) is 9.97. The van der Waals surface area contributed by atoms with E-state index < -0.39 is 24.4 Å². The molecular formula is C20H31F3N4O2. The number of hydrogen-bond acceptors (Lipinski definition) is 4. The lowest BCUT2D eigenvalue weighted by atomic mass is 9.91. The number of amidine groups is 1. The smallest absolute Gasteiger partial charge is 0.386 e. The Labute approximate surface area is 169 Å². The molecule has 0 spiro atoms. The fourth-order valence-corrected chi connectivity index (χ4v) is 3.61. The zero-order chi connectivity index (χ0) is 21.8. The third kappa shape index (κ3) is 6.76. The monoisotopic (exact) mass is 416 g/mol. The molecule has 0 saturated heterocycles. The average Bonchev–Trinajstić information content (AvgIpc) is 3.02. The van der Waals surface area contributed by atoms with Crippen LogP contribution in [0.15, 0.2) is 28.4 Å². The van der Waals surface area contributed by atoms with Gasteiger partial charge < -0.3 is 20.6 Å². The molecule has 6 nitrogen and oxygen atoms in total. The Bertz CT molecular complexity index is 693. The fourth-order valence-electron chi connectivity index (χ4n) is 3.61. The molecule has 0 aliphatic carbocycles. The Morgan fingerprint density at radius 1 is 1.45 bits per heavy atom. The molecule has 2 amide bonds. The summed E-state index contributed by atoms with van der Waals surface area (Å²) in [5.41, 5.74) is 0.684. The van der Waals surface area contributed by atoms with Crippen molar-refractivity contribution >= 4 is 11.9 Å². The third-order valence-corrected chi connectivity index (χ3v) is 5.16. The zero-order valence-electron chi connectivity index (χ0n) is 17.4. The van der Waals surface area contributed by atoms with E-state index in [4.69, 9.17) is 0 Å². The summed E-state index contributed by atoms with van der Waals surface area (Å²) in [6, 6.07) is -0.746. The van der Waals surface area contributed by atoms with Gasteiger partial charge in [-0.3, -0.25) is 4.99 Å². The molecule has 0 bridgehead atoms. The Morgan fingerprint density at radius 3 is 2.72 bits per heavy atom. The van der Waals surface area contributed by atoms with Crippen molar-refractivity contribution in [2.75, 3.05) is 19.6 Å². The number of nitrogens with one attached hydrogen (secondary N) is 2. The lowest BCUT2D eigenvalue weighted by molar-refractivity contribution is -0.122. The van der Waals surface area contributed by atoms with Crippen molar-refractivity contribution in [3.8, 4) is 0 Å². The number of rotatable bonds is 7. The highest BCUT2D eigenvalue weighted by atomic mass is 19.4. The average molecular weight is 416 g/mol. The van der Waals surface area contributed by atoms with E-state index in [0.29, 0.717) is 18.7 Å². The van der Waals surface area contributed by atoms with Crippen molar-refractivity contribution in [3.05, 3.63) is 23.4 Å². The molecule has 0 aromatic carbocycles. The lowest BCUT2D eigenvalue weighted by Gasteiger charge is -2.36. The van der Waals surface area contributed by atoms with Gasteiger partial charge in [0.25, 0.3) is 0 Å². The number of amides is 2. The van der Waals surface area contributed by atoms with Gasteiger partial charge in [0.1, 0.15) is 12.4 Å². The SMILES string of the molecule is CCC/C(=C\C(C)C1CN=C2C=C(C(C)(C)O)CCN21)NC(=O)NCC(F)(F)F. The van der Waals surface area contributed by atoms with E-state index in [2.05, 4.69) is 15.2 Å². The fraction of sp³-hybridized carbons (Fsp3) is 0.700. The van der Waals surface area contributed by atoms with Gasteiger partial charge in [-0.15, -0.1) is 0 Å². The van der Waals surface area contributed by atoms with Crippen LogP contribution in [0, 0.1) is 5.92 Å². The number of allylic oxidation sites excluding steroid dienone is 1. The molecule has 0 fully saturated rings. The number of aliphatic hydroxyl groups is 1. The number of alkyl halides is 3. The van der Waals surface area contributed by atoms with Gasteiger partial charge in [0.15, 0.2) is 0 Å². The normalized spacial score (nSPS) is 21.3. The summed E-state index contributed by atoms with van der Waals surface area (Å²) in [5, 5.41) is 14.6. The molecule has 9 heteroatoms. The summed E-state index contributed by atoms with van der Waals surface area (Å²) in [5.74, 6) is 0.893. The molecule has 0 saturated carbocycles. The van der Waals surface area contributed by atoms with Gasteiger partial charge in [0, 0.05) is 12.2 Å². The van der Waals surface area contributed by atoms with Crippen molar-refractivity contribution in [2.45, 2.75) is 64.8 Å². The predicted molar refractivity (Wildman–Crippen MR) is 107 cm³/mol. The van der Waals surface area contributed by atoms with Crippen LogP contribution >= 0.6 is 0 Å². The molecular weight excluding hydrogens is 385 g/mol. The largest absolute Gasteiger partial charge is 0.405 e. The molecule has 0 aromatic rings. The van der Waals surface area contributed by atoms with Gasteiger partial charge in [0.2, 0.25) is 0 Å². The van der Waals surface area contributed by atoms with Gasteiger partial charge in [-0.25, -0.2) is 4.79 Å². The minimum atomic E-state index is -4.44. The lowest BCUT2D eigenvalue weighted by Crippen LogP contribution is -2.44. The number of carbonyl (C=O) groups excluding carboxylic acids is 1. The highest BCUT2D eigenvalue weighted by molar-refractivity contribution is 5.96. The first-order valence-electron chi connectivity index (χ1n) is 9.97. The Kier molecular flexibility index (Phi) is 7.37. The number of fused-ring (bicyclic) bond motifs is 1. The van der Waals surface area contributed by atoms with Crippen LogP contribution in [-0.2, 0) is 0 Å². The summed E-state index contributed by atoms with van der Waals surface area (Å²) in [6.45, 7) is 7.47. The van der Waals surface area contributed by atoms with Crippen LogP contribution in [0.25, 0.3) is 0 Å². The number of halogens is 3. The molecule has 3 N–H and O–H groups in total. The van der Waals surface area contributed by atoms with E-state index in [1.165, 1.54) is 0 Å². The Morgan fingerprint density at radius 2 is 2.14 bits per heavy atom. The van der Waals surface area contributed by atoms with Crippen molar-refractivity contribution in [1.82, 2.24) is 15.5 Å². The standard InChI is InChI=1S/C20H31F3N4O2/c1-5-6-15(26-18(28)25-12-20(21,22)23)9-13(2)16-11-24-17-10-14(19(3,4)29)7-8-27(16)17/h9-10,13,16,29H,5-8,11-12H2,1-4H3,(H2,25,26,28)/b15-9+. The Balaban J connectivity index is 2.03. The molecule has 164 valence electrons. The van der Waals surface area contributed by atoms with E-state index in [0.717, 1.165) is 30.8 Å². The highest BCUT2D eigenvalue weighted by Gasteiger charge is 2.35. The second-order valence-electron chi connectivity index (χ2n) is 8.16. The Hall–Kier alpha value is -2.03. The summed E-state index contributed by atoms with van der Waals surface area (Å²) in [6.07, 6.45) is 1.47. The van der Waals surface area contributed by atoms with Crippen molar-refractivity contribution in [3.63, 3.8) is 0 Å². The number of hydrogen-bond donors (Lipinski definition) is 3. The summed E-state index contributed by atoms with van der Waals surface area (Å²) < 4.78 is 36.8. The van der Waals surface area contributed by atoms with Crippen LogP contribution in [0.2, 0.25) is 0 Å². The minimum absolute atomic E-state index is 0.0396. The van der Waals surface area contributed by atoms with Crippen LogP contribution in [0.5, 0.6) is 0 Å². The number of nitrogens with zero attached hydrogens (tertiary/aromatic N) is 2. The number of aliphatic imine (C=N–C) groups is 1. The third-order valence-electron chi connectivity index (χ3n) is 5.16.